The smallest absolute Gasteiger partial charge is 0.238 e. The monoisotopic (exact) mass is 630 g/mol. The highest BCUT2D eigenvalue weighted by Crippen LogP contribution is 2.54. The van der Waals surface area contributed by atoms with E-state index in [0.717, 1.165) is 55.4 Å². The molecule has 49 heavy (non-hydrogen) atoms. The lowest BCUT2D eigenvalue weighted by atomic mass is 9.74. The van der Waals surface area contributed by atoms with E-state index in [0.29, 0.717) is 17.6 Å². The van der Waals surface area contributed by atoms with E-state index >= 15 is 0 Å². The van der Waals surface area contributed by atoms with Crippen LogP contribution < -0.4 is 0 Å². The molecule has 0 bridgehead atoms. The van der Waals surface area contributed by atoms with Crippen molar-refractivity contribution in [2.24, 2.45) is 0 Å². The molecule has 10 rings (SSSR count). The molecule has 0 unspecified atom stereocenters. The molecule has 0 spiro atoms. The molecule has 3 heterocycles. The molecule has 0 amide bonds. The molecule has 1 aliphatic rings. The van der Waals surface area contributed by atoms with Gasteiger partial charge in [-0.2, -0.15) is 9.97 Å². The second-order valence-electron chi connectivity index (χ2n) is 13.2. The fraction of sp³-hybridized carbons (Fsp3) is 0.0682. The molecule has 0 saturated heterocycles. The maximum atomic E-state index is 6.79. The number of nitrogens with zero attached hydrogens (tertiary/aromatic N) is 4. The van der Waals surface area contributed by atoms with Crippen LogP contribution in [-0.4, -0.2) is 19.5 Å². The number of rotatable bonds is 3. The number of aromatic nitrogens is 4. The molecule has 3 aromatic heterocycles. The molecule has 9 aromatic rings. The third-order valence-electron chi connectivity index (χ3n) is 10.1. The van der Waals surface area contributed by atoms with Gasteiger partial charge in [0.15, 0.2) is 11.6 Å². The summed E-state index contributed by atoms with van der Waals surface area (Å²) in [5.74, 6) is 2.75. The Kier molecular flexibility index (Phi) is 5.85. The van der Waals surface area contributed by atoms with Crippen molar-refractivity contribution in [2.75, 3.05) is 0 Å². The molecular weight excluding hydrogens is 601 g/mol. The van der Waals surface area contributed by atoms with Gasteiger partial charge < -0.3 is 4.42 Å². The molecule has 0 saturated carbocycles. The quantitative estimate of drug-likeness (QED) is 0.195. The van der Waals surface area contributed by atoms with Gasteiger partial charge in [-0.3, -0.25) is 4.57 Å². The summed E-state index contributed by atoms with van der Waals surface area (Å²) in [6.07, 6.45) is 0. The van der Waals surface area contributed by atoms with Gasteiger partial charge in [0.1, 0.15) is 11.3 Å². The highest BCUT2D eigenvalue weighted by Gasteiger charge is 2.38. The minimum atomic E-state index is -0.369. The zero-order chi connectivity index (χ0) is 32.7. The second-order valence-corrected chi connectivity index (χ2v) is 13.2. The van der Waals surface area contributed by atoms with E-state index < -0.39 is 0 Å². The third kappa shape index (κ3) is 4.02. The molecule has 232 valence electrons. The van der Waals surface area contributed by atoms with Crippen LogP contribution in [0.4, 0.5) is 0 Å². The number of para-hydroxylation sites is 2. The number of hydrogen-bond acceptors (Lipinski definition) is 4. The molecule has 5 heteroatoms. The Morgan fingerprint density at radius 3 is 1.88 bits per heavy atom. The van der Waals surface area contributed by atoms with Crippen molar-refractivity contribution in [1.82, 2.24) is 19.5 Å². The summed E-state index contributed by atoms with van der Waals surface area (Å²) < 4.78 is 9.00. The zero-order valence-corrected chi connectivity index (χ0v) is 27.1. The summed E-state index contributed by atoms with van der Waals surface area (Å²) in [5, 5.41) is 3.44. The Hall–Kier alpha value is -6.33. The molecule has 0 N–H and O–H groups in total. The number of fused-ring (bicyclic) bond motifs is 11. The van der Waals surface area contributed by atoms with Crippen LogP contribution in [0.5, 0.6) is 0 Å². The molecule has 0 fully saturated rings. The molecule has 6 aromatic carbocycles. The Bertz CT molecular complexity index is 2680. The van der Waals surface area contributed by atoms with Gasteiger partial charge in [-0.05, 0) is 41.0 Å². The highest BCUT2D eigenvalue weighted by molar-refractivity contribution is 6.15. The topological polar surface area (TPSA) is 56.7 Å². The van der Waals surface area contributed by atoms with Crippen LogP contribution in [0.3, 0.4) is 0 Å². The summed E-state index contributed by atoms with van der Waals surface area (Å²) in [6, 6.07) is 50.5. The van der Waals surface area contributed by atoms with E-state index in [4.69, 9.17) is 19.4 Å². The number of furan rings is 1. The highest BCUT2D eigenvalue weighted by atomic mass is 16.3. The van der Waals surface area contributed by atoms with Crippen molar-refractivity contribution < 1.29 is 4.42 Å². The van der Waals surface area contributed by atoms with Crippen LogP contribution in [0.15, 0.2) is 150 Å². The Morgan fingerprint density at radius 2 is 1.14 bits per heavy atom. The Labute approximate surface area is 283 Å². The van der Waals surface area contributed by atoms with Gasteiger partial charge in [0.2, 0.25) is 5.95 Å². The fourth-order valence-corrected chi connectivity index (χ4v) is 7.90. The van der Waals surface area contributed by atoms with Gasteiger partial charge in [-0.15, -0.1) is 0 Å². The lowest BCUT2D eigenvalue weighted by Gasteiger charge is -2.29. The van der Waals surface area contributed by atoms with Crippen molar-refractivity contribution in [1.29, 1.82) is 0 Å². The first kappa shape index (κ1) is 27.8. The summed E-state index contributed by atoms with van der Waals surface area (Å²) in [7, 11) is 0. The van der Waals surface area contributed by atoms with Crippen molar-refractivity contribution in [3.8, 4) is 51.2 Å². The van der Waals surface area contributed by atoms with Crippen molar-refractivity contribution in [3.63, 3.8) is 0 Å². The van der Waals surface area contributed by atoms with Crippen molar-refractivity contribution in [3.05, 3.63) is 157 Å². The van der Waals surface area contributed by atoms with Crippen LogP contribution >= 0.6 is 0 Å². The third-order valence-corrected chi connectivity index (χ3v) is 10.1. The summed E-state index contributed by atoms with van der Waals surface area (Å²) in [6.45, 7) is 4.68. The minimum absolute atomic E-state index is 0.369. The summed E-state index contributed by atoms with van der Waals surface area (Å²) in [5.41, 5.74) is 10.4. The van der Waals surface area contributed by atoms with Gasteiger partial charge in [-0.1, -0.05) is 135 Å². The molecule has 0 aliphatic heterocycles. The lowest BCUT2D eigenvalue weighted by Crippen LogP contribution is -2.20. The number of hydrogen-bond donors (Lipinski definition) is 0. The van der Waals surface area contributed by atoms with E-state index in [9.17, 15) is 0 Å². The molecule has 5 nitrogen and oxygen atoms in total. The normalized spacial score (nSPS) is 13.3. The van der Waals surface area contributed by atoms with Gasteiger partial charge >= 0.3 is 0 Å². The minimum Gasteiger partial charge on any atom is -0.455 e. The van der Waals surface area contributed by atoms with Crippen LogP contribution in [0.1, 0.15) is 25.0 Å². The average Bonchev–Trinajstić information content (AvgIpc) is 3.69. The Balaban J connectivity index is 1.34. The van der Waals surface area contributed by atoms with Crippen molar-refractivity contribution in [2.45, 2.75) is 19.3 Å². The van der Waals surface area contributed by atoms with Crippen molar-refractivity contribution >= 4 is 32.8 Å². The van der Waals surface area contributed by atoms with Gasteiger partial charge in [0.05, 0.1) is 11.0 Å². The summed E-state index contributed by atoms with van der Waals surface area (Å²) in [4.78, 5) is 15.3. The Morgan fingerprint density at radius 1 is 0.531 bits per heavy atom. The first-order valence-electron chi connectivity index (χ1n) is 16.6. The zero-order valence-electron chi connectivity index (χ0n) is 27.1. The van der Waals surface area contributed by atoms with Gasteiger partial charge in [-0.25, -0.2) is 4.98 Å². The standard InChI is InChI=1S/C44H30N4O/c1-44(2)33-22-12-9-19-29(33)37-31-21-11-14-24-36(31)49-40(37)32-25-26-35-38(39(32)44)30-20-10-13-23-34(30)48(35)43-46-41(27-15-5-3-6-16-27)45-42(47-43)28-17-7-4-8-18-28/h3-26H,1-2H3. The molecule has 1 aliphatic carbocycles. The largest absolute Gasteiger partial charge is 0.455 e. The van der Waals surface area contributed by atoms with E-state index in [2.05, 4.69) is 97.3 Å². The fourth-order valence-electron chi connectivity index (χ4n) is 7.90. The van der Waals surface area contributed by atoms with Crippen LogP contribution in [0.2, 0.25) is 0 Å². The van der Waals surface area contributed by atoms with E-state index in [-0.39, 0.29) is 5.41 Å². The number of benzene rings is 6. The van der Waals surface area contributed by atoms with Gasteiger partial charge in [0.25, 0.3) is 0 Å². The lowest BCUT2D eigenvalue weighted by molar-refractivity contribution is 0.623. The van der Waals surface area contributed by atoms with E-state index in [1.165, 1.54) is 22.1 Å². The van der Waals surface area contributed by atoms with Crippen LogP contribution in [0.25, 0.3) is 83.9 Å². The van der Waals surface area contributed by atoms with E-state index in [1.807, 2.05) is 66.7 Å². The van der Waals surface area contributed by atoms with Gasteiger partial charge in [0, 0.05) is 43.8 Å². The average molecular weight is 631 g/mol. The second kappa shape index (κ2) is 10.3. The maximum absolute atomic E-state index is 6.79. The first-order chi connectivity index (χ1) is 24.1. The maximum Gasteiger partial charge on any atom is 0.238 e. The molecule has 0 atom stereocenters. The molecular formula is C44H30N4O. The molecule has 0 radical (unpaired) electrons. The van der Waals surface area contributed by atoms with Crippen LogP contribution in [-0.2, 0) is 5.41 Å². The SMILES string of the molecule is CC1(C)c2ccccc2-c2c(oc3ccccc23)-c2ccc3c(c21)c1ccccc1n3-c1nc(-c2ccccc2)nc(-c2ccccc2)n1. The predicted octanol–water partition coefficient (Wildman–Crippen LogP) is 11.0. The first-order valence-corrected chi connectivity index (χ1v) is 16.6. The van der Waals surface area contributed by atoms with E-state index in [1.54, 1.807) is 0 Å². The van der Waals surface area contributed by atoms with Crippen LogP contribution in [0, 0.1) is 0 Å². The summed E-state index contributed by atoms with van der Waals surface area (Å²) >= 11 is 0. The predicted molar refractivity (Wildman–Crippen MR) is 198 cm³/mol.